The van der Waals surface area contributed by atoms with E-state index in [1.807, 2.05) is 58.9 Å². The second-order valence-corrected chi connectivity index (χ2v) is 8.04. The van der Waals surface area contributed by atoms with E-state index in [9.17, 15) is 9.59 Å². The van der Waals surface area contributed by atoms with Crippen molar-refractivity contribution in [2.75, 3.05) is 6.54 Å². The first kappa shape index (κ1) is 20.1. The number of likely N-dealkylation sites (tertiary alicyclic amines) is 1. The molecule has 6 heteroatoms. The summed E-state index contributed by atoms with van der Waals surface area (Å²) in [6, 6.07) is 16.9. The minimum atomic E-state index is -0.336. The van der Waals surface area contributed by atoms with E-state index in [0.29, 0.717) is 11.4 Å². The van der Waals surface area contributed by atoms with E-state index in [-0.39, 0.29) is 30.4 Å². The Hall–Kier alpha value is -3.15. The summed E-state index contributed by atoms with van der Waals surface area (Å²) in [6.07, 6.45) is 3.27. The second kappa shape index (κ2) is 8.69. The van der Waals surface area contributed by atoms with Gasteiger partial charge in [-0.15, -0.1) is 0 Å². The van der Waals surface area contributed by atoms with Crippen molar-refractivity contribution in [1.29, 1.82) is 0 Å². The van der Waals surface area contributed by atoms with Gasteiger partial charge in [-0.3, -0.25) is 9.59 Å². The number of imidazole rings is 1. The van der Waals surface area contributed by atoms with Crippen molar-refractivity contribution < 1.29 is 9.59 Å². The topological polar surface area (TPSA) is 67.2 Å². The van der Waals surface area contributed by atoms with Crippen molar-refractivity contribution in [2.45, 2.75) is 51.7 Å². The van der Waals surface area contributed by atoms with Gasteiger partial charge in [-0.2, -0.15) is 0 Å². The summed E-state index contributed by atoms with van der Waals surface area (Å²) in [5.41, 5.74) is 2.34. The van der Waals surface area contributed by atoms with Gasteiger partial charge < -0.3 is 14.8 Å². The number of nitrogens with zero attached hydrogens (tertiary/aromatic N) is 3. The van der Waals surface area contributed by atoms with Crippen LogP contribution in [0.15, 0.2) is 54.6 Å². The van der Waals surface area contributed by atoms with Crippen LogP contribution in [0.2, 0.25) is 0 Å². The monoisotopic (exact) mass is 404 g/mol. The highest BCUT2D eigenvalue weighted by Crippen LogP contribution is 2.23. The van der Waals surface area contributed by atoms with Crippen molar-refractivity contribution in [3.05, 3.63) is 66.0 Å². The standard InChI is InChI=1S/C24H28N4O2/c1-17-10-8-9-15-27(17)22(29)16-28-21-14-7-6-13-20(21)26-23(28)18(2)25-24(30)19-11-4-3-5-12-19/h3-7,11-14,17-18H,8-10,15-16H2,1-2H3,(H,25,30). The number of nitrogens with one attached hydrogen (secondary N) is 1. The van der Waals surface area contributed by atoms with Gasteiger partial charge in [-0.25, -0.2) is 4.98 Å². The fourth-order valence-corrected chi connectivity index (χ4v) is 4.22. The molecule has 3 aromatic rings. The Kier molecular flexibility index (Phi) is 5.84. The minimum absolute atomic E-state index is 0.105. The van der Waals surface area contributed by atoms with E-state index < -0.39 is 0 Å². The molecule has 1 aromatic heterocycles. The molecular formula is C24H28N4O2. The van der Waals surface area contributed by atoms with E-state index in [2.05, 4.69) is 12.2 Å². The molecule has 1 aliphatic rings. The SMILES string of the molecule is CC(NC(=O)c1ccccc1)c1nc2ccccc2n1CC(=O)N1CCCCC1C. The summed E-state index contributed by atoms with van der Waals surface area (Å²) in [5, 5.41) is 3.03. The Labute approximate surface area is 176 Å². The average Bonchev–Trinajstić information content (AvgIpc) is 3.13. The Balaban J connectivity index is 1.61. The highest BCUT2D eigenvalue weighted by molar-refractivity contribution is 5.94. The lowest BCUT2D eigenvalue weighted by Crippen LogP contribution is -2.44. The Bertz CT molecular complexity index is 1040. The molecule has 0 radical (unpaired) electrons. The molecule has 1 saturated heterocycles. The van der Waals surface area contributed by atoms with Crippen LogP contribution in [0.1, 0.15) is 55.3 Å². The molecule has 156 valence electrons. The third kappa shape index (κ3) is 4.08. The van der Waals surface area contributed by atoms with Crippen LogP contribution in [-0.4, -0.2) is 38.9 Å². The molecule has 2 atom stereocenters. The molecule has 1 fully saturated rings. The summed E-state index contributed by atoms with van der Waals surface area (Å²) in [6.45, 7) is 5.06. The van der Waals surface area contributed by atoms with Gasteiger partial charge in [0.15, 0.2) is 0 Å². The van der Waals surface area contributed by atoms with Crippen molar-refractivity contribution in [2.24, 2.45) is 0 Å². The summed E-state index contributed by atoms with van der Waals surface area (Å²) < 4.78 is 1.95. The molecule has 2 unspecified atom stereocenters. The number of rotatable bonds is 5. The number of carbonyl (C=O) groups is 2. The van der Waals surface area contributed by atoms with Crippen molar-refractivity contribution >= 4 is 22.8 Å². The van der Waals surface area contributed by atoms with Gasteiger partial charge in [0.05, 0.1) is 17.1 Å². The van der Waals surface area contributed by atoms with Gasteiger partial charge in [0.2, 0.25) is 5.91 Å². The first-order valence-corrected chi connectivity index (χ1v) is 10.6. The highest BCUT2D eigenvalue weighted by Gasteiger charge is 2.26. The summed E-state index contributed by atoms with van der Waals surface area (Å²) >= 11 is 0. The Morgan fingerprint density at radius 1 is 1.10 bits per heavy atom. The summed E-state index contributed by atoms with van der Waals surface area (Å²) in [4.78, 5) is 32.5. The first-order valence-electron chi connectivity index (χ1n) is 10.6. The van der Waals surface area contributed by atoms with Crippen LogP contribution in [0.4, 0.5) is 0 Å². The Morgan fingerprint density at radius 3 is 2.60 bits per heavy atom. The van der Waals surface area contributed by atoms with E-state index in [4.69, 9.17) is 4.98 Å². The molecule has 4 rings (SSSR count). The van der Waals surface area contributed by atoms with Gasteiger partial charge in [0, 0.05) is 18.2 Å². The van der Waals surface area contributed by atoms with Crippen LogP contribution >= 0.6 is 0 Å². The number of benzene rings is 2. The maximum Gasteiger partial charge on any atom is 0.251 e. The third-order valence-electron chi connectivity index (χ3n) is 5.87. The van der Waals surface area contributed by atoms with E-state index in [1.54, 1.807) is 12.1 Å². The molecule has 6 nitrogen and oxygen atoms in total. The predicted octanol–water partition coefficient (Wildman–Crippen LogP) is 3.93. The van der Waals surface area contributed by atoms with Crippen molar-refractivity contribution in [1.82, 2.24) is 19.8 Å². The predicted molar refractivity (Wildman–Crippen MR) is 117 cm³/mol. The molecule has 2 heterocycles. The van der Waals surface area contributed by atoms with Gasteiger partial charge in [-0.1, -0.05) is 30.3 Å². The lowest BCUT2D eigenvalue weighted by molar-refractivity contribution is -0.135. The van der Waals surface area contributed by atoms with Crippen LogP contribution in [0.25, 0.3) is 11.0 Å². The minimum Gasteiger partial charge on any atom is -0.342 e. The number of amides is 2. The van der Waals surface area contributed by atoms with E-state index in [0.717, 1.165) is 30.4 Å². The average molecular weight is 405 g/mol. The van der Waals surface area contributed by atoms with Gasteiger partial charge in [-0.05, 0) is 57.4 Å². The fraction of sp³-hybridized carbons (Fsp3) is 0.375. The third-order valence-corrected chi connectivity index (χ3v) is 5.87. The largest absolute Gasteiger partial charge is 0.342 e. The maximum absolute atomic E-state index is 13.1. The number of aromatic nitrogens is 2. The second-order valence-electron chi connectivity index (χ2n) is 8.04. The zero-order valence-corrected chi connectivity index (χ0v) is 17.5. The Morgan fingerprint density at radius 2 is 1.83 bits per heavy atom. The van der Waals surface area contributed by atoms with Gasteiger partial charge in [0.1, 0.15) is 12.4 Å². The number of fused-ring (bicyclic) bond motifs is 1. The molecule has 2 aromatic carbocycles. The van der Waals surface area contributed by atoms with Gasteiger partial charge >= 0.3 is 0 Å². The van der Waals surface area contributed by atoms with Crippen LogP contribution < -0.4 is 5.32 Å². The lowest BCUT2D eigenvalue weighted by atomic mass is 10.0. The van der Waals surface area contributed by atoms with Crippen LogP contribution in [-0.2, 0) is 11.3 Å². The van der Waals surface area contributed by atoms with Crippen LogP contribution in [0, 0.1) is 0 Å². The van der Waals surface area contributed by atoms with Crippen LogP contribution in [0.3, 0.4) is 0 Å². The van der Waals surface area contributed by atoms with E-state index >= 15 is 0 Å². The molecule has 1 N–H and O–H groups in total. The van der Waals surface area contributed by atoms with Crippen molar-refractivity contribution in [3.63, 3.8) is 0 Å². The molecule has 30 heavy (non-hydrogen) atoms. The number of piperidine rings is 1. The molecule has 0 aliphatic carbocycles. The number of carbonyl (C=O) groups excluding carboxylic acids is 2. The molecule has 0 saturated carbocycles. The summed E-state index contributed by atoms with van der Waals surface area (Å²) in [7, 11) is 0. The van der Waals surface area contributed by atoms with Crippen molar-refractivity contribution in [3.8, 4) is 0 Å². The fourth-order valence-electron chi connectivity index (χ4n) is 4.22. The van der Waals surface area contributed by atoms with E-state index in [1.165, 1.54) is 6.42 Å². The lowest BCUT2D eigenvalue weighted by Gasteiger charge is -2.33. The smallest absolute Gasteiger partial charge is 0.251 e. The normalized spacial score (nSPS) is 17.7. The molecule has 1 aliphatic heterocycles. The van der Waals surface area contributed by atoms with Crippen LogP contribution in [0.5, 0.6) is 0 Å². The van der Waals surface area contributed by atoms with Gasteiger partial charge in [0.25, 0.3) is 5.91 Å². The molecule has 0 spiro atoms. The first-order chi connectivity index (χ1) is 14.5. The number of para-hydroxylation sites is 2. The molecule has 0 bridgehead atoms. The number of hydrogen-bond acceptors (Lipinski definition) is 3. The number of hydrogen-bond donors (Lipinski definition) is 1. The zero-order chi connectivity index (χ0) is 21.1. The maximum atomic E-state index is 13.1. The molecular weight excluding hydrogens is 376 g/mol. The highest BCUT2D eigenvalue weighted by atomic mass is 16.2. The summed E-state index contributed by atoms with van der Waals surface area (Å²) in [5.74, 6) is 0.643. The zero-order valence-electron chi connectivity index (χ0n) is 17.5. The molecule has 2 amide bonds. The quantitative estimate of drug-likeness (QED) is 0.701.